The lowest BCUT2D eigenvalue weighted by Gasteiger charge is -2.33. The quantitative estimate of drug-likeness (QED) is 0.468. The molecule has 34 heavy (non-hydrogen) atoms. The maximum absolute atomic E-state index is 13.6. The van der Waals surface area contributed by atoms with Crippen molar-refractivity contribution in [2.75, 3.05) is 23.7 Å². The Labute approximate surface area is 216 Å². The number of carbonyl (C=O) groups excluding carboxylic acids is 2. The highest BCUT2D eigenvalue weighted by molar-refractivity contribution is 7.92. The fourth-order valence-electron chi connectivity index (χ4n) is 3.40. The van der Waals surface area contributed by atoms with E-state index < -0.39 is 28.5 Å². The van der Waals surface area contributed by atoms with E-state index in [2.05, 4.69) is 5.32 Å². The van der Waals surface area contributed by atoms with Gasteiger partial charge in [0.1, 0.15) is 12.6 Å². The lowest BCUT2D eigenvalue weighted by molar-refractivity contribution is -0.140. The van der Waals surface area contributed by atoms with Crippen molar-refractivity contribution < 1.29 is 18.0 Å². The molecule has 0 saturated heterocycles. The molecule has 0 aliphatic rings. The summed E-state index contributed by atoms with van der Waals surface area (Å²) in [7, 11) is -3.84. The zero-order valence-electron chi connectivity index (χ0n) is 19.4. The fourth-order valence-corrected chi connectivity index (χ4v) is 4.88. The van der Waals surface area contributed by atoms with Crippen LogP contribution in [0, 0.1) is 6.92 Å². The Hall–Kier alpha value is -2.00. The van der Waals surface area contributed by atoms with Crippen LogP contribution in [0.4, 0.5) is 5.69 Å². The van der Waals surface area contributed by atoms with Gasteiger partial charge in [-0.25, -0.2) is 8.42 Å². The van der Waals surface area contributed by atoms with Crippen LogP contribution in [0.15, 0.2) is 36.4 Å². The number of nitrogens with zero attached hydrogens (tertiary/aromatic N) is 2. The standard InChI is InChI=1S/C23H28Cl3N3O4S/c1-5-21(23(31)27-6-2)28(13-16-8-9-17(24)11-20(16)26)22(30)14-29(34(4,32)33)18-10-7-15(3)19(25)12-18/h7-12,21H,5-6,13-14H2,1-4H3,(H,27,31). The van der Waals surface area contributed by atoms with Crippen molar-refractivity contribution in [1.82, 2.24) is 10.2 Å². The molecule has 0 saturated carbocycles. The van der Waals surface area contributed by atoms with Gasteiger partial charge in [-0.2, -0.15) is 0 Å². The minimum absolute atomic E-state index is 0.00324. The summed E-state index contributed by atoms with van der Waals surface area (Å²) in [6.45, 7) is 5.21. The molecule has 0 radical (unpaired) electrons. The molecule has 0 aromatic heterocycles. The minimum Gasteiger partial charge on any atom is -0.355 e. The van der Waals surface area contributed by atoms with Crippen LogP contribution in [-0.4, -0.2) is 50.5 Å². The Morgan fingerprint density at radius 3 is 2.24 bits per heavy atom. The first-order valence-electron chi connectivity index (χ1n) is 10.6. The van der Waals surface area contributed by atoms with Crippen LogP contribution in [0.25, 0.3) is 0 Å². The van der Waals surface area contributed by atoms with Gasteiger partial charge >= 0.3 is 0 Å². The molecule has 1 atom stereocenters. The van der Waals surface area contributed by atoms with Crippen LogP contribution in [0.2, 0.25) is 15.1 Å². The summed E-state index contributed by atoms with van der Waals surface area (Å²) in [6, 6.07) is 8.77. The molecular formula is C23H28Cl3N3O4S. The van der Waals surface area contributed by atoms with E-state index in [0.29, 0.717) is 33.6 Å². The third-order valence-electron chi connectivity index (χ3n) is 5.22. The molecule has 186 valence electrons. The lowest BCUT2D eigenvalue weighted by atomic mass is 10.1. The number of benzene rings is 2. The van der Waals surface area contributed by atoms with Gasteiger partial charge < -0.3 is 10.2 Å². The normalized spacial score (nSPS) is 12.2. The first-order chi connectivity index (χ1) is 15.9. The molecule has 2 aromatic rings. The molecule has 1 unspecified atom stereocenters. The van der Waals surface area contributed by atoms with Crippen LogP contribution in [0.5, 0.6) is 0 Å². The molecule has 2 amide bonds. The second-order valence-electron chi connectivity index (χ2n) is 7.78. The van der Waals surface area contributed by atoms with E-state index in [9.17, 15) is 18.0 Å². The maximum Gasteiger partial charge on any atom is 0.244 e. The largest absolute Gasteiger partial charge is 0.355 e. The van der Waals surface area contributed by atoms with Crippen LogP contribution >= 0.6 is 34.8 Å². The summed E-state index contributed by atoms with van der Waals surface area (Å²) in [5, 5.41) is 3.87. The number of likely N-dealkylation sites (N-methyl/N-ethyl adjacent to an activating group) is 1. The van der Waals surface area contributed by atoms with Crippen molar-refractivity contribution >= 4 is 62.3 Å². The summed E-state index contributed by atoms with van der Waals surface area (Å²) in [5.74, 6) is -0.904. The van der Waals surface area contributed by atoms with Gasteiger partial charge in [-0.15, -0.1) is 0 Å². The van der Waals surface area contributed by atoms with Crippen LogP contribution < -0.4 is 9.62 Å². The van der Waals surface area contributed by atoms with Crippen molar-refractivity contribution in [3.63, 3.8) is 0 Å². The Kier molecular flexibility index (Phi) is 10.1. The van der Waals surface area contributed by atoms with Gasteiger partial charge in [0.05, 0.1) is 11.9 Å². The van der Waals surface area contributed by atoms with Crippen molar-refractivity contribution in [3.05, 3.63) is 62.6 Å². The summed E-state index contributed by atoms with van der Waals surface area (Å²) < 4.78 is 26.2. The number of rotatable bonds is 10. The van der Waals surface area contributed by atoms with Crippen molar-refractivity contribution in [1.29, 1.82) is 0 Å². The molecule has 0 spiro atoms. The monoisotopic (exact) mass is 547 g/mol. The number of halogens is 3. The number of carbonyl (C=O) groups is 2. The van der Waals surface area contributed by atoms with E-state index in [1.165, 1.54) is 11.0 Å². The van der Waals surface area contributed by atoms with E-state index in [0.717, 1.165) is 16.1 Å². The highest BCUT2D eigenvalue weighted by atomic mass is 35.5. The molecule has 0 fully saturated rings. The number of sulfonamides is 1. The Balaban J connectivity index is 2.48. The maximum atomic E-state index is 13.6. The number of hydrogen-bond donors (Lipinski definition) is 1. The molecule has 2 aromatic carbocycles. The smallest absolute Gasteiger partial charge is 0.244 e. The van der Waals surface area contributed by atoms with Gasteiger partial charge in [-0.3, -0.25) is 13.9 Å². The SMILES string of the molecule is CCNC(=O)C(CC)N(Cc1ccc(Cl)cc1Cl)C(=O)CN(c1ccc(C)c(Cl)c1)S(C)(=O)=O. The molecule has 2 rings (SSSR count). The summed E-state index contributed by atoms with van der Waals surface area (Å²) >= 11 is 18.5. The average molecular weight is 549 g/mol. The first-order valence-corrected chi connectivity index (χ1v) is 13.6. The first kappa shape index (κ1) is 28.2. The van der Waals surface area contributed by atoms with Gasteiger partial charge in [0.2, 0.25) is 21.8 Å². The van der Waals surface area contributed by atoms with Gasteiger partial charge in [-0.05, 0) is 55.7 Å². The van der Waals surface area contributed by atoms with Crippen molar-refractivity contribution in [2.45, 2.75) is 39.8 Å². The number of amides is 2. The minimum atomic E-state index is -3.84. The molecule has 0 aliphatic carbocycles. The van der Waals surface area contributed by atoms with E-state index in [1.807, 2.05) is 0 Å². The van der Waals surface area contributed by atoms with Crippen LogP contribution in [0.3, 0.4) is 0 Å². The second-order valence-corrected chi connectivity index (χ2v) is 10.9. The lowest BCUT2D eigenvalue weighted by Crippen LogP contribution is -2.52. The Bertz CT molecular complexity index is 1160. The van der Waals surface area contributed by atoms with Crippen molar-refractivity contribution in [2.24, 2.45) is 0 Å². The number of nitrogens with one attached hydrogen (secondary N) is 1. The van der Waals surface area contributed by atoms with Gasteiger partial charge in [0.25, 0.3) is 0 Å². The topological polar surface area (TPSA) is 86.8 Å². The predicted molar refractivity (Wildman–Crippen MR) is 138 cm³/mol. The van der Waals surface area contributed by atoms with Gasteiger partial charge in [0.15, 0.2) is 0 Å². The molecule has 0 heterocycles. The summed E-state index contributed by atoms with van der Waals surface area (Å²) in [4.78, 5) is 27.7. The second kappa shape index (κ2) is 12.1. The van der Waals surface area contributed by atoms with Gasteiger partial charge in [0, 0.05) is 28.2 Å². The van der Waals surface area contributed by atoms with E-state index in [4.69, 9.17) is 34.8 Å². The Morgan fingerprint density at radius 1 is 1.03 bits per heavy atom. The number of aryl methyl sites for hydroxylation is 1. The van der Waals surface area contributed by atoms with Crippen molar-refractivity contribution in [3.8, 4) is 0 Å². The Morgan fingerprint density at radius 2 is 1.71 bits per heavy atom. The molecule has 7 nitrogen and oxygen atoms in total. The third-order valence-corrected chi connectivity index (χ3v) is 7.35. The molecule has 1 N–H and O–H groups in total. The number of hydrogen-bond acceptors (Lipinski definition) is 4. The van der Waals surface area contributed by atoms with Crippen LogP contribution in [-0.2, 0) is 26.2 Å². The third kappa shape index (κ3) is 7.25. The predicted octanol–water partition coefficient (Wildman–Crippen LogP) is 4.66. The van der Waals surface area contributed by atoms with Crippen LogP contribution in [0.1, 0.15) is 31.4 Å². The number of anilines is 1. The summed E-state index contributed by atoms with van der Waals surface area (Å²) in [5.41, 5.74) is 1.60. The van der Waals surface area contributed by atoms with E-state index in [-0.39, 0.29) is 18.1 Å². The molecular weight excluding hydrogens is 521 g/mol. The van der Waals surface area contributed by atoms with Gasteiger partial charge in [-0.1, -0.05) is 53.9 Å². The highest BCUT2D eigenvalue weighted by Crippen LogP contribution is 2.27. The zero-order chi connectivity index (χ0) is 25.6. The highest BCUT2D eigenvalue weighted by Gasteiger charge is 2.32. The fraction of sp³-hybridized carbons (Fsp3) is 0.391. The molecule has 11 heteroatoms. The molecule has 0 bridgehead atoms. The summed E-state index contributed by atoms with van der Waals surface area (Å²) in [6.07, 6.45) is 1.33. The molecule has 0 aliphatic heterocycles. The zero-order valence-corrected chi connectivity index (χ0v) is 22.5. The van der Waals surface area contributed by atoms with E-state index >= 15 is 0 Å². The van der Waals surface area contributed by atoms with E-state index in [1.54, 1.807) is 51.1 Å². The average Bonchev–Trinajstić information content (AvgIpc) is 2.74.